The molecule has 3 rings (SSSR count). The third-order valence-corrected chi connectivity index (χ3v) is 5.09. The van der Waals surface area contributed by atoms with Gasteiger partial charge in [-0.2, -0.15) is 0 Å². The fraction of sp³-hybridized carbons (Fsp3) is 0.778. The molecular weight excluding hydrogens is 290 g/mol. The van der Waals surface area contributed by atoms with Gasteiger partial charge in [-0.25, -0.2) is 0 Å². The van der Waals surface area contributed by atoms with Gasteiger partial charge in [0.25, 0.3) is 0 Å². The van der Waals surface area contributed by atoms with E-state index in [0.29, 0.717) is 12.6 Å². The van der Waals surface area contributed by atoms with Crippen molar-refractivity contribution in [1.29, 1.82) is 0 Å². The van der Waals surface area contributed by atoms with E-state index in [1.807, 2.05) is 4.90 Å². The first-order valence-electron chi connectivity index (χ1n) is 9.21. The number of carbonyl (C=O) groups is 2. The van der Waals surface area contributed by atoms with Crippen LogP contribution in [0.5, 0.6) is 0 Å². The van der Waals surface area contributed by atoms with E-state index < -0.39 is 0 Å². The number of nitrogens with zero attached hydrogens (tertiary/aromatic N) is 1. The van der Waals surface area contributed by atoms with Gasteiger partial charge in [-0.05, 0) is 64.3 Å². The summed E-state index contributed by atoms with van der Waals surface area (Å²) in [6, 6.07) is 0.282. The van der Waals surface area contributed by atoms with Crippen LogP contribution in [0.4, 0.5) is 0 Å². The number of rotatable bonds is 7. The molecule has 0 radical (unpaired) electrons. The number of amides is 2. The van der Waals surface area contributed by atoms with E-state index in [-0.39, 0.29) is 17.9 Å². The summed E-state index contributed by atoms with van der Waals surface area (Å²) in [5.74, 6) is 0.165. The van der Waals surface area contributed by atoms with Crippen LogP contribution in [0.1, 0.15) is 57.8 Å². The second kappa shape index (κ2) is 7.95. The molecule has 128 valence electrons. The van der Waals surface area contributed by atoms with Crippen molar-refractivity contribution < 1.29 is 9.59 Å². The van der Waals surface area contributed by atoms with Gasteiger partial charge in [0.15, 0.2) is 0 Å². The minimum atomic E-state index is -0.109. The monoisotopic (exact) mass is 319 g/mol. The van der Waals surface area contributed by atoms with Crippen molar-refractivity contribution in [3.8, 4) is 0 Å². The summed E-state index contributed by atoms with van der Waals surface area (Å²) in [5, 5.41) is 6.08. The zero-order chi connectivity index (χ0) is 16.1. The Morgan fingerprint density at radius 2 is 2.04 bits per heavy atom. The molecule has 1 saturated heterocycles. The highest BCUT2D eigenvalue weighted by atomic mass is 16.2. The quantitative estimate of drug-likeness (QED) is 0.703. The van der Waals surface area contributed by atoms with E-state index in [9.17, 15) is 9.59 Å². The van der Waals surface area contributed by atoms with Crippen LogP contribution in [0, 0.1) is 0 Å². The van der Waals surface area contributed by atoms with Crippen LogP contribution in [0.15, 0.2) is 11.6 Å². The molecule has 5 heteroatoms. The van der Waals surface area contributed by atoms with Crippen molar-refractivity contribution in [2.75, 3.05) is 19.6 Å². The molecule has 1 saturated carbocycles. The summed E-state index contributed by atoms with van der Waals surface area (Å²) in [4.78, 5) is 26.4. The number of carbonyl (C=O) groups excluding carboxylic acids is 2. The fourth-order valence-corrected chi connectivity index (χ4v) is 3.57. The SMILES string of the molecule is O=C(CN1CCCC1C(=O)NC1CC1)NCCC1=CCCCC1. The lowest BCUT2D eigenvalue weighted by atomic mass is 9.97. The van der Waals surface area contributed by atoms with Gasteiger partial charge in [-0.3, -0.25) is 14.5 Å². The zero-order valence-corrected chi connectivity index (χ0v) is 14.0. The van der Waals surface area contributed by atoms with Crippen LogP contribution in [0.2, 0.25) is 0 Å². The summed E-state index contributed by atoms with van der Waals surface area (Å²) in [6.45, 7) is 1.92. The first-order valence-corrected chi connectivity index (χ1v) is 9.21. The van der Waals surface area contributed by atoms with Gasteiger partial charge in [-0.15, -0.1) is 0 Å². The van der Waals surface area contributed by atoms with E-state index in [4.69, 9.17) is 0 Å². The molecule has 1 aliphatic heterocycles. The average Bonchev–Trinajstić information content (AvgIpc) is 3.24. The predicted molar refractivity (Wildman–Crippen MR) is 89.9 cm³/mol. The van der Waals surface area contributed by atoms with Crippen molar-refractivity contribution in [1.82, 2.24) is 15.5 Å². The van der Waals surface area contributed by atoms with Gasteiger partial charge < -0.3 is 10.6 Å². The molecule has 0 aromatic carbocycles. The van der Waals surface area contributed by atoms with Gasteiger partial charge >= 0.3 is 0 Å². The van der Waals surface area contributed by atoms with Gasteiger partial charge in [0.05, 0.1) is 12.6 Å². The summed E-state index contributed by atoms with van der Waals surface area (Å²) in [5.41, 5.74) is 1.49. The third-order valence-electron chi connectivity index (χ3n) is 5.09. The normalized spacial score (nSPS) is 25.0. The predicted octanol–water partition coefficient (Wildman–Crippen LogP) is 1.74. The number of hydrogen-bond acceptors (Lipinski definition) is 3. The molecule has 2 amide bonds. The highest BCUT2D eigenvalue weighted by Crippen LogP contribution is 2.22. The van der Waals surface area contributed by atoms with E-state index >= 15 is 0 Å². The van der Waals surface area contributed by atoms with Crippen LogP contribution >= 0.6 is 0 Å². The Hall–Kier alpha value is -1.36. The minimum Gasteiger partial charge on any atom is -0.355 e. The maximum absolute atomic E-state index is 12.2. The molecule has 1 heterocycles. The average molecular weight is 319 g/mol. The number of allylic oxidation sites excluding steroid dienone is 1. The van der Waals surface area contributed by atoms with E-state index in [2.05, 4.69) is 16.7 Å². The van der Waals surface area contributed by atoms with Gasteiger partial charge in [0.2, 0.25) is 11.8 Å². The molecule has 0 aromatic heterocycles. The number of nitrogens with one attached hydrogen (secondary N) is 2. The third kappa shape index (κ3) is 5.06. The molecule has 2 aliphatic carbocycles. The molecule has 2 N–H and O–H groups in total. The number of likely N-dealkylation sites (tertiary alicyclic amines) is 1. The topological polar surface area (TPSA) is 61.4 Å². The molecule has 1 unspecified atom stereocenters. The summed E-state index contributed by atoms with van der Waals surface area (Å²) in [6.07, 6.45) is 12.3. The van der Waals surface area contributed by atoms with Crippen LogP contribution < -0.4 is 10.6 Å². The second-order valence-electron chi connectivity index (χ2n) is 7.12. The lowest BCUT2D eigenvalue weighted by molar-refractivity contribution is -0.127. The van der Waals surface area contributed by atoms with Gasteiger partial charge in [-0.1, -0.05) is 11.6 Å². The van der Waals surface area contributed by atoms with Crippen molar-refractivity contribution >= 4 is 11.8 Å². The highest BCUT2D eigenvalue weighted by molar-refractivity contribution is 5.84. The Morgan fingerprint density at radius 3 is 2.78 bits per heavy atom. The Balaban J connectivity index is 1.37. The molecule has 3 aliphatic rings. The Bertz CT molecular complexity index is 471. The highest BCUT2D eigenvalue weighted by Gasteiger charge is 2.34. The van der Waals surface area contributed by atoms with Gasteiger partial charge in [0, 0.05) is 12.6 Å². The standard InChI is InChI=1S/C18H29N3O2/c22-17(19-11-10-14-5-2-1-3-6-14)13-21-12-4-7-16(21)18(23)20-15-8-9-15/h5,15-16H,1-4,6-13H2,(H,19,22)(H,20,23). The fourth-order valence-electron chi connectivity index (χ4n) is 3.57. The largest absolute Gasteiger partial charge is 0.355 e. The Morgan fingerprint density at radius 1 is 1.17 bits per heavy atom. The lowest BCUT2D eigenvalue weighted by Gasteiger charge is -2.23. The Kier molecular flexibility index (Phi) is 5.70. The van der Waals surface area contributed by atoms with Crippen LogP contribution in [-0.2, 0) is 9.59 Å². The first kappa shape index (κ1) is 16.5. The minimum absolute atomic E-state index is 0.0486. The molecule has 0 spiro atoms. The van der Waals surface area contributed by atoms with Crippen LogP contribution in [0.25, 0.3) is 0 Å². The molecule has 2 fully saturated rings. The van der Waals surface area contributed by atoms with Crippen LogP contribution in [0.3, 0.4) is 0 Å². The molecule has 5 nitrogen and oxygen atoms in total. The van der Waals surface area contributed by atoms with Gasteiger partial charge in [0.1, 0.15) is 0 Å². The van der Waals surface area contributed by atoms with Crippen molar-refractivity contribution in [3.05, 3.63) is 11.6 Å². The van der Waals surface area contributed by atoms with E-state index in [0.717, 1.165) is 45.2 Å². The molecule has 0 aromatic rings. The maximum Gasteiger partial charge on any atom is 0.237 e. The van der Waals surface area contributed by atoms with Crippen LogP contribution in [-0.4, -0.2) is 48.4 Å². The summed E-state index contributed by atoms with van der Waals surface area (Å²) >= 11 is 0. The lowest BCUT2D eigenvalue weighted by Crippen LogP contribution is -2.47. The van der Waals surface area contributed by atoms with E-state index in [1.54, 1.807) is 0 Å². The zero-order valence-electron chi connectivity index (χ0n) is 14.0. The Labute approximate surface area is 138 Å². The van der Waals surface area contributed by atoms with E-state index in [1.165, 1.54) is 31.3 Å². The molecular formula is C18H29N3O2. The smallest absolute Gasteiger partial charge is 0.237 e. The molecule has 0 bridgehead atoms. The van der Waals surface area contributed by atoms with Crippen molar-refractivity contribution in [2.45, 2.75) is 69.9 Å². The molecule has 23 heavy (non-hydrogen) atoms. The van der Waals surface area contributed by atoms with Crippen molar-refractivity contribution in [3.63, 3.8) is 0 Å². The summed E-state index contributed by atoms with van der Waals surface area (Å²) < 4.78 is 0. The molecule has 1 atom stereocenters. The second-order valence-corrected chi connectivity index (χ2v) is 7.12. The maximum atomic E-state index is 12.2. The van der Waals surface area contributed by atoms with Crippen molar-refractivity contribution in [2.24, 2.45) is 0 Å². The summed E-state index contributed by atoms with van der Waals surface area (Å²) in [7, 11) is 0. The first-order chi connectivity index (χ1) is 11.2. The number of hydrogen-bond donors (Lipinski definition) is 2.